The van der Waals surface area contributed by atoms with Gasteiger partial charge in [0.15, 0.2) is 6.54 Å². The lowest BCUT2D eigenvalue weighted by Gasteiger charge is -2.33. The lowest BCUT2D eigenvalue weighted by atomic mass is 10.2. The highest BCUT2D eigenvalue weighted by molar-refractivity contribution is 5.91. The first-order valence-corrected chi connectivity index (χ1v) is 8.18. The molecule has 2 aromatic rings. The van der Waals surface area contributed by atoms with E-state index in [2.05, 4.69) is 40.6 Å². The van der Waals surface area contributed by atoms with E-state index >= 15 is 0 Å². The van der Waals surface area contributed by atoms with Crippen LogP contribution in [0.1, 0.15) is 5.56 Å². The molecule has 2 aromatic carbocycles. The van der Waals surface area contributed by atoms with Crippen molar-refractivity contribution in [3.63, 3.8) is 0 Å². The second-order valence-electron chi connectivity index (χ2n) is 5.99. The number of anilines is 2. The van der Waals surface area contributed by atoms with Gasteiger partial charge in [0.1, 0.15) is 0 Å². The zero-order valence-corrected chi connectivity index (χ0v) is 13.5. The maximum absolute atomic E-state index is 12.2. The van der Waals surface area contributed by atoms with Crippen LogP contribution >= 0.6 is 0 Å². The van der Waals surface area contributed by atoms with Gasteiger partial charge in [-0.2, -0.15) is 5.26 Å². The molecule has 1 aliphatic rings. The third-order valence-electron chi connectivity index (χ3n) is 4.30. The molecule has 0 unspecified atom stereocenters. The van der Waals surface area contributed by atoms with E-state index in [4.69, 9.17) is 5.26 Å². The predicted molar refractivity (Wildman–Crippen MR) is 94.0 cm³/mol. The standard InChI is InChI=1S/C19H20N4O/c20-14-16-6-8-17(9-7-16)21-19(24)15-22-10-12-23(13-11-22)18-4-2-1-3-5-18/h1-9H,10-13,15H2,(H,21,24)/p+1. The number of nitrogens with zero attached hydrogens (tertiary/aromatic N) is 2. The van der Waals surface area contributed by atoms with E-state index in [0.29, 0.717) is 12.1 Å². The number of nitrogens with one attached hydrogen (secondary N) is 2. The Hall–Kier alpha value is -2.84. The van der Waals surface area contributed by atoms with Crippen LogP contribution in [0.15, 0.2) is 54.6 Å². The molecule has 0 radical (unpaired) electrons. The number of benzene rings is 2. The minimum absolute atomic E-state index is 0.0165. The van der Waals surface area contributed by atoms with E-state index in [1.165, 1.54) is 10.6 Å². The number of amides is 1. The fraction of sp³-hybridized carbons (Fsp3) is 0.263. The first kappa shape index (κ1) is 16.0. The second kappa shape index (κ2) is 7.62. The SMILES string of the molecule is N#Cc1ccc(NC(=O)C[NH+]2CCN(c3ccccc3)CC2)cc1. The number of para-hydroxylation sites is 1. The van der Waals surface area contributed by atoms with Crippen molar-refractivity contribution in [3.05, 3.63) is 60.2 Å². The lowest BCUT2D eigenvalue weighted by molar-refractivity contribution is -0.892. The minimum atomic E-state index is 0.0165. The quantitative estimate of drug-likeness (QED) is 0.880. The molecule has 0 aromatic heterocycles. The van der Waals surface area contributed by atoms with Gasteiger partial charge in [0, 0.05) is 11.4 Å². The molecule has 5 nitrogen and oxygen atoms in total. The topological polar surface area (TPSA) is 60.6 Å². The fourth-order valence-electron chi connectivity index (χ4n) is 2.96. The smallest absolute Gasteiger partial charge is 0.279 e. The van der Waals surface area contributed by atoms with E-state index in [-0.39, 0.29) is 5.91 Å². The summed E-state index contributed by atoms with van der Waals surface area (Å²) in [5, 5.41) is 11.7. The number of carbonyl (C=O) groups excluding carboxylic acids is 1. The maximum Gasteiger partial charge on any atom is 0.279 e. The highest BCUT2D eigenvalue weighted by Gasteiger charge is 2.22. The highest BCUT2D eigenvalue weighted by Crippen LogP contribution is 2.12. The first-order valence-electron chi connectivity index (χ1n) is 8.18. The number of piperazine rings is 1. The molecule has 0 aliphatic carbocycles. The molecule has 1 fully saturated rings. The zero-order chi connectivity index (χ0) is 16.8. The van der Waals surface area contributed by atoms with Crippen LogP contribution in [0, 0.1) is 11.3 Å². The Morgan fingerprint density at radius 1 is 1.08 bits per heavy atom. The van der Waals surface area contributed by atoms with Gasteiger partial charge in [0.05, 0.1) is 37.8 Å². The number of hydrogen-bond acceptors (Lipinski definition) is 3. The number of hydrogen-bond donors (Lipinski definition) is 2. The predicted octanol–water partition coefficient (Wildman–Crippen LogP) is 0.902. The second-order valence-corrected chi connectivity index (χ2v) is 5.99. The largest absolute Gasteiger partial charge is 0.360 e. The molecule has 0 atom stereocenters. The van der Waals surface area contributed by atoms with Crippen LogP contribution < -0.4 is 15.1 Å². The summed E-state index contributed by atoms with van der Waals surface area (Å²) in [4.78, 5) is 15.8. The normalized spacial score (nSPS) is 14.9. The zero-order valence-electron chi connectivity index (χ0n) is 13.5. The summed E-state index contributed by atoms with van der Waals surface area (Å²) in [6.45, 7) is 4.31. The Morgan fingerprint density at radius 2 is 1.75 bits per heavy atom. The van der Waals surface area contributed by atoms with Gasteiger partial charge in [-0.25, -0.2) is 0 Å². The summed E-state index contributed by atoms with van der Waals surface area (Å²) in [5.74, 6) is 0.0165. The van der Waals surface area contributed by atoms with Crippen molar-refractivity contribution >= 4 is 17.3 Å². The summed E-state index contributed by atoms with van der Waals surface area (Å²) < 4.78 is 0. The molecule has 24 heavy (non-hydrogen) atoms. The molecule has 0 bridgehead atoms. The Balaban J connectivity index is 1.47. The Kier molecular flexibility index (Phi) is 5.09. The van der Waals surface area contributed by atoms with Crippen LogP contribution in [0.3, 0.4) is 0 Å². The molecule has 1 aliphatic heterocycles. The van der Waals surface area contributed by atoms with Gasteiger partial charge in [-0.15, -0.1) is 0 Å². The number of rotatable bonds is 4. The molecular formula is C19H21N4O+. The molecule has 1 heterocycles. The van der Waals surface area contributed by atoms with Gasteiger partial charge in [-0.05, 0) is 36.4 Å². The van der Waals surface area contributed by atoms with E-state index in [1.807, 2.05) is 6.07 Å². The van der Waals surface area contributed by atoms with Gasteiger partial charge in [-0.3, -0.25) is 4.79 Å². The van der Waals surface area contributed by atoms with Gasteiger partial charge < -0.3 is 15.1 Å². The van der Waals surface area contributed by atoms with Crippen molar-refractivity contribution in [2.75, 3.05) is 42.9 Å². The molecule has 1 amide bonds. The van der Waals surface area contributed by atoms with Gasteiger partial charge in [0.2, 0.25) is 0 Å². The third-order valence-corrected chi connectivity index (χ3v) is 4.30. The third kappa shape index (κ3) is 4.12. The summed E-state index contributed by atoms with van der Waals surface area (Å²) in [6, 6.07) is 19.4. The van der Waals surface area contributed by atoms with Crippen molar-refractivity contribution < 1.29 is 9.69 Å². The number of carbonyl (C=O) groups is 1. The molecule has 2 N–H and O–H groups in total. The van der Waals surface area contributed by atoms with Gasteiger partial charge in [-0.1, -0.05) is 18.2 Å². The van der Waals surface area contributed by atoms with Crippen LogP contribution in [-0.2, 0) is 4.79 Å². The van der Waals surface area contributed by atoms with Crippen molar-refractivity contribution in [3.8, 4) is 6.07 Å². The highest BCUT2D eigenvalue weighted by atomic mass is 16.2. The Morgan fingerprint density at radius 3 is 2.38 bits per heavy atom. The van der Waals surface area contributed by atoms with E-state index in [1.54, 1.807) is 24.3 Å². The lowest BCUT2D eigenvalue weighted by Crippen LogP contribution is -3.15. The molecular weight excluding hydrogens is 300 g/mol. The molecule has 3 rings (SSSR count). The monoisotopic (exact) mass is 321 g/mol. The Labute approximate surface area is 142 Å². The van der Waals surface area contributed by atoms with Crippen LogP contribution in [0.25, 0.3) is 0 Å². The fourth-order valence-corrected chi connectivity index (χ4v) is 2.96. The number of nitriles is 1. The van der Waals surface area contributed by atoms with Crippen molar-refractivity contribution in [2.24, 2.45) is 0 Å². The average Bonchev–Trinajstić information content (AvgIpc) is 2.64. The van der Waals surface area contributed by atoms with Crippen LogP contribution in [0.2, 0.25) is 0 Å². The van der Waals surface area contributed by atoms with Crippen molar-refractivity contribution in [1.82, 2.24) is 0 Å². The van der Waals surface area contributed by atoms with E-state index in [0.717, 1.165) is 31.9 Å². The molecule has 0 saturated carbocycles. The van der Waals surface area contributed by atoms with Gasteiger partial charge in [0.25, 0.3) is 5.91 Å². The van der Waals surface area contributed by atoms with Crippen LogP contribution in [-0.4, -0.2) is 38.6 Å². The summed E-state index contributed by atoms with van der Waals surface area (Å²) in [6.07, 6.45) is 0. The van der Waals surface area contributed by atoms with E-state index < -0.39 is 0 Å². The molecule has 0 spiro atoms. The summed E-state index contributed by atoms with van der Waals surface area (Å²) >= 11 is 0. The minimum Gasteiger partial charge on any atom is -0.360 e. The van der Waals surface area contributed by atoms with Gasteiger partial charge >= 0.3 is 0 Å². The van der Waals surface area contributed by atoms with Crippen molar-refractivity contribution in [1.29, 1.82) is 5.26 Å². The average molecular weight is 321 g/mol. The first-order chi connectivity index (χ1) is 11.7. The Bertz CT molecular complexity index is 713. The van der Waals surface area contributed by atoms with E-state index in [9.17, 15) is 4.79 Å². The summed E-state index contributed by atoms with van der Waals surface area (Å²) in [7, 11) is 0. The summed E-state index contributed by atoms with van der Waals surface area (Å²) in [5.41, 5.74) is 2.58. The molecule has 1 saturated heterocycles. The van der Waals surface area contributed by atoms with Crippen LogP contribution in [0.4, 0.5) is 11.4 Å². The van der Waals surface area contributed by atoms with Crippen LogP contribution in [0.5, 0.6) is 0 Å². The maximum atomic E-state index is 12.2. The molecule has 122 valence electrons. The number of quaternary nitrogens is 1. The van der Waals surface area contributed by atoms with Crippen molar-refractivity contribution in [2.45, 2.75) is 0 Å². The molecule has 5 heteroatoms.